The minimum absolute atomic E-state index is 0.0278. The third kappa shape index (κ3) is 3.63. The molecule has 0 bridgehead atoms. The summed E-state index contributed by atoms with van der Waals surface area (Å²) in [6.45, 7) is 6.89. The third-order valence-electron chi connectivity index (χ3n) is 10.0. The maximum Gasteiger partial charge on any atom is 0.228 e. The number of nitrogens with zero attached hydrogens (tertiary/aromatic N) is 2. The average Bonchev–Trinajstić information content (AvgIpc) is 3.16. The molecule has 1 N–H and O–H groups in total. The minimum Gasteiger partial charge on any atom is -0.323 e. The molecule has 1 aliphatic heterocycles. The molecule has 35 heavy (non-hydrogen) atoms. The highest BCUT2D eigenvalue weighted by Gasteiger charge is 2.61. The van der Waals surface area contributed by atoms with E-state index in [2.05, 4.69) is 26.1 Å². The molecule has 1 saturated heterocycles. The van der Waals surface area contributed by atoms with Crippen LogP contribution in [0.5, 0.6) is 0 Å². The smallest absolute Gasteiger partial charge is 0.228 e. The van der Waals surface area contributed by atoms with E-state index in [-0.39, 0.29) is 38.6 Å². The number of carbonyl (C=O) groups is 2. The van der Waals surface area contributed by atoms with Crippen LogP contribution in [0, 0.1) is 45.8 Å². The lowest BCUT2D eigenvalue weighted by atomic mass is 9.48. The van der Waals surface area contributed by atoms with Crippen molar-refractivity contribution < 1.29 is 9.59 Å². The van der Waals surface area contributed by atoms with E-state index in [0.29, 0.717) is 35.4 Å². The first-order valence-corrected chi connectivity index (χ1v) is 13.4. The van der Waals surface area contributed by atoms with Gasteiger partial charge in [0.25, 0.3) is 0 Å². The summed E-state index contributed by atoms with van der Waals surface area (Å²) in [6, 6.07) is 5.11. The zero-order chi connectivity index (χ0) is 25.3. The molecular formula is C28H33Cl2N3O2. The van der Waals surface area contributed by atoms with E-state index in [1.807, 2.05) is 18.0 Å². The van der Waals surface area contributed by atoms with Gasteiger partial charge in [0.05, 0.1) is 27.4 Å². The summed E-state index contributed by atoms with van der Waals surface area (Å²) >= 11 is 12.7. The van der Waals surface area contributed by atoms with E-state index in [0.717, 1.165) is 38.5 Å². The Morgan fingerprint density at radius 2 is 1.83 bits per heavy atom. The number of nitrogens with one attached hydrogen (secondary N) is 1. The van der Waals surface area contributed by atoms with Gasteiger partial charge >= 0.3 is 0 Å². The van der Waals surface area contributed by atoms with Crippen molar-refractivity contribution in [3.8, 4) is 6.07 Å². The molecular weight excluding hydrogens is 481 g/mol. The number of amides is 2. The molecule has 1 aromatic carbocycles. The molecule has 1 heterocycles. The van der Waals surface area contributed by atoms with Gasteiger partial charge in [0.2, 0.25) is 11.8 Å². The van der Waals surface area contributed by atoms with Crippen molar-refractivity contribution in [2.24, 2.45) is 34.5 Å². The molecule has 4 aliphatic rings. The quantitative estimate of drug-likeness (QED) is 0.472. The van der Waals surface area contributed by atoms with Crippen molar-refractivity contribution >= 4 is 40.7 Å². The van der Waals surface area contributed by atoms with Crippen LogP contribution in [0.1, 0.15) is 71.3 Å². The maximum absolute atomic E-state index is 13.6. The summed E-state index contributed by atoms with van der Waals surface area (Å²) in [6.07, 6.45) is 6.53. The van der Waals surface area contributed by atoms with Gasteiger partial charge in [-0.2, -0.15) is 5.26 Å². The molecule has 7 heteroatoms. The lowest BCUT2D eigenvalue weighted by Gasteiger charge is -2.59. The Labute approximate surface area is 217 Å². The van der Waals surface area contributed by atoms with E-state index in [9.17, 15) is 9.59 Å². The highest BCUT2D eigenvalue weighted by molar-refractivity contribution is 6.40. The zero-order valence-corrected chi connectivity index (χ0v) is 22.4. The standard InChI is InChI=1S/C28H33Cl2N3O2/c1-15-11-17-18-5-6-20(26(35)32-24-21(29)12-16(14-31)13-22(24)30)27(18,2)9-7-19(17)28(3)10-8-23(34)33(4)25(15)28/h12-13,17-20H,5-11H2,1-4H3,(H,32,35)/t17-,18-,19+,20?,27-,28+/m0/s1. The monoisotopic (exact) mass is 513 g/mol. The number of piperidine rings is 1. The second kappa shape index (κ2) is 8.53. The van der Waals surface area contributed by atoms with Gasteiger partial charge in [-0.25, -0.2) is 0 Å². The first kappa shape index (κ1) is 24.7. The molecule has 0 radical (unpaired) electrons. The van der Waals surface area contributed by atoms with Gasteiger partial charge in [-0.15, -0.1) is 0 Å². The molecule has 0 aromatic heterocycles. The fourth-order valence-corrected chi connectivity index (χ4v) is 9.09. The largest absolute Gasteiger partial charge is 0.323 e. The van der Waals surface area contributed by atoms with Crippen LogP contribution in [0.3, 0.4) is 0 Å². The van der Waals surface area contributed by atoms with Gasteiger partial charge < -0.3 is 10.2 Å². The van der Waals surface area contributed by atoms with Gasteiger partial charge in [-0.3, -0.25) is 9.59 Å². The predicted molar refractivity (Wildman–Crippen MR) is 138 cm³/mol. The molecule has 1 aromatic rings. The fraction of sp³-hybridized carbons (Fsp3) is 0.607. The van der Waals surface area contributed by atoms with Crippen LogP contribution in [0.25, 0.3) is 0 Å². The maximum atomic E-state index is 13.6. The van der Waals surface area contributed by atoms with Crippen LogP contribution in [0.2, 0.25) is 10.0 Å². The van der Waals surface area contributed by atoms with Crippen LogP contribution < -0.4 is 5.32 Å². The van der Waals surface area contributed by atoms with E-state index < -0.39 is 0 Å². The van der Waals surface area contributed by atoms with E-state index >= 15 is 0 Å². The lowest BCUT2D eigenvalue weighted by molar-refractivity contribution is -0.137. The average molecular weight is 514 g/mol. The molecule has 5 rings (SSSR count). The van der Waals surface area contributed by atoms with Crippen molar-refractivity contribution in [1.82, 2.24) is 4.90 Å². The van der Waals surface area contributed by atoms with E-state index in [1.165, 1.54) is 23.4 Å². The van der Waals surface area contributed by atoms with Crippen molar-refractivity contribution in [2.45, 2.75) is 65.7 Å². The second-order valence-corrected chi connectivity index (χ2v) is 12.5. The zero-order valence-electron chi connectivity index (χ0n) is 20.9. The number of likely N-dealkylation sites (tertiary alicyclic amines) is 1. The molecule has 2 amide bonds. The van der Waals surface area contributed by atoms with Crippen molar-refractivity contribution in [1.29, 1.82) is 5.26 Å². The number of hydrogen-bond acceptors (Lipinski definition) is 3. The molecule has 5 nitrogen and oxygen atoms in total. The van der Waals surface area contributed by atoms with Crippen LogP contribution in [-0.4, -0.2) is 23.8 Å². The first-order valence-electron chi connectivity index (χ1n) is 12.7. The number of rotatable bonds is 2. The molecule has 186 valence electrons. The second-order valence-electron chi connectivity index (χ2n) is 11.7. The summed E-state index contributed by atoms with van der Waals surface area (Å²) in [5.74, 6) is 1.64. The highest BCUT2D eigenvalue weighted by Crippen LogP contribution is 2.67. The number of benzene rings is 1. The van der Waals surface area contributed by atoms with Gasteiger partial charge in [0.1, 0.15) is 0 Å². The number of hydrogen-bond donors (Lipinski definition) is 1. The number of anilines is 1. The van der Waals surface area contributed by atoms with E-state index in [1.54, 1.807) is 0 Å². The Kier molecular flexibility index (Phi) is 6.01. The normalized spacial score (nSPS) is 36.3. The summed E-state index contributed by atoms with van der Waals surface area (Å²) in [5, 5.41) is 12.7. The molecule has 1 unspecified atom stereocenters. The van der Waals surface area contributed by atoms with Gasteiger partial charge in [0.15, 0.2) is 0 Å². The molecule has 3 aliphatic carbocycles. The topological polar surface area (TPSA) is 73.2 Å². The first-order chi connectivity index (χ1) is 16.5. The van der Waals surface area contributed by atoms with E-state index in [4.69, 9.17) is 28.5 Å². The number of nitriles is 1. The van der Waals surface area contributed by atoms with Gasteiger partial charge in [-0.05, 0) is 80.8 Å². The predicted octanol–water partition coefficient (Wildman–Crippen LogP) is 6.80. The van der Waals surface area contributed by atoms with Gasteiger partial charge in [-0.1, -0.05) is 42.6 Å². The van der Waals surface area contributed by atoms with Gasteiger partial charge in [0, 0.05) is 30.5 Å². The molecule has 2 saturated carbocycles. The summed E-state index contributed by atoms with van der Waals surface area (Å²) in [7, 11) is 1.95. The number of fused-ring (bicyclic) bond motifs is 5. The molecule has 0 spiro atoms. The highest BCUT2D eigenvalue weighted by atomic mass is 35.5. The van der Waals surface area contributed by atoms with Crippen LogP contribution in [0.15, 0.2) is 23.4 Å². The summed E-state index contributed by atoms with van der Waals surface area (Å²) in [5.41, 5.74) is 3.31. The lowest BCUT2D eigenvalue weighted by Crippen LogP contribution is -2.54. The Morgan fingerprint density at radius 3 is 2.49 bits per heavy atom. The number of carbonyl (C=O) groups excluding carboxylic acids is 2. The Hall–Kier alpha value is -2.03. The fourth-order valence-electron chi connectivity index (χ4n) is 8.51. The number of halogens is 2. The van der Waals surface area contributed by atoms with Crippen LogP contribution in [0.4, 0.5) is 5.69 Å². The van der Waals surface area contributed by atoms with Crippen molar-refractivity contribution in [2.75, 3.05) is 12.4 Å². The van der Waals surface area contributed by atoms with Crippen LogP contribution >= 0.6 is 23.2 Å². The Balaban J connectivity index is 1.42. The molecule has 6 atom stereocenters. The number of allylic oxidation sites excluding steroid dienone is 2. The molecule has 3 fully saturated rings. The van der Waals surface area contributed by atoms with Crippen molar-refractivity contribution in [3.63, 3.8) is 0 Å². The Morgan fingerprint density at radius 1 is 1.14 bits per heavy atom. The summed E-state index contributed by atoms with van der Waals surface area (Å²) < 4.78 is 0. The Bertz CT molecular complexity index is 1160. The minimum atomic E-state index is -0.106. The van der Waals surface area contributed by atoms with Crippen molar-refractivity contribution in [3.05, 3.63) is 39.0 Å². The summed E-state index contributed by atoms with van der Waals surface area (Å²) in [4.78, 5) is 28.0. The van der Waals surface area contributed by atoms with Crippen LogP contribution in [-0.2, 0) is 9.59 Å². The third-order valence-corrected chi connectivity index (χ3v) is 10.6. The SMILES string of the molecule is CC1=C2N(C)C(=O)CC[C@]2(C)[C@@H]2CC[C@]3(C)C(C(=O)Nc4c(Cl)cc(C#N)cc4Cl)CC[C@H]3[C@@H]2C1.